The van der Waals surface area contributed by atoms with Crippen LogP contribution in [0.3, 0.4) is 0 Å². The highest BCUT2D eigenvalue weighted by atomic mass is 15.3. The van der Waals surface area contributed by atoms with Crippen LogP contribution < -0.4 is 0 Å². The Bertz CT molecular complexity index is 1380. The Morgan fingerprint density at radius 1 is 0.927 bits per heavy atom. The summed E-state index contributed by atoms with van der Waals surface area (Å²) in [5, 5.41) is 4.35. The van der Waals surface area contributed by atoms with Gasteiger partial charge in [0.2, 0.25) is 0 Å². The highest BCUT2D eigenvalue weighted by molar-refractivity contribution is 5.85. The van der Waals surface area contributed by atoms with Gasteiger partial charge in [-0.15, -0.1) is 13.2 Å². The van der Waals surface area contributed by atoms with Crippen molar-refractivity contribution < 1.29 is 0 Å². The smallest absolute Gasteiger partial charge is 0.0704 e. The van der Waals surface area contributed by atoms with Gasteiger partial charge in [-0.1, -0.05) is 101 Å². The molecule has 4 rings (SSSR count). The lowest BCUT2D eigenvalue weighted by atomic mass is 9.95. The Morgan fingerprint density at radius 2 is 1.66 bits per heavy atom. The molecule has 1 heterocycles. The van der Waals surface area contributed by atoms with Crippen LogP contribution in [0.1, 0.15) is 62.8 Å². The Morgan fingerprint density at radius 3 is 2.29 bits per heavy atom. The Labute approximate surface area is 248 Å². The highest BCUT2D eigenvalue weighted by Crippen LogP contribution is 2.33. The summed E-state index contributed by atoms with van der Waals surface area (Å²) in [5.41, 5.74) is 9.45. The van der Waals surface area contributed by atoms with Crippen molar-refractivity contribution in [3.05, 3.63) is 139 Å². The van der Waals surface area contributed by atoms with Gasteiger partial charge in [0.05, 0.1) is 12.2 Å². The first kappa shape index (κ1) is 33.0. The Kier molecular flexibility index (Phi) is 14.6. The number of nitrogens with zero attached hydrogens (tertiary/aromatic N) is 3. The fraction of sp³-hybridized carbons (Fsp3) is 0.263. The molecule has 0 fully saturated rings. The first-order valence-electron chi connectivity index (χ1n) is 14.7. The van der Waals surface area contributed by atoms with E-state index < -0.39 is 0 Å². The molecular weight excluding hydrogens is 498 g/mol. The van der Waals surface area contributed by atoms with Gasteiger partial charge in [-0.05, 0) is 84.2 Å². The van der Waals surface area contributed by atoms with Crippen molar-refractivity contribution >= 4 is 17.5 Å². The van der Waals surface area contributed by atoms with Crippen molar-refractivity contribution in [2.45, 2.75) is 60.4 Å². The third-order valence-electron chi connectivity index (χ3n) is 6.68. The number of rotatable bonds is 11. The zero-order chi connectivity index (χ0) is 30.0. The summed E-state index contributed by atoms with van der Waals surface area (Å²) in [4.78, 5) is 5.02. The molecule has 1 aromatic heterocycles. The molecule has 0 bridgehead atoms. The van der Waals surface area contributed by atoms with Gasteiger partial charge in [0.15, 0.2) is 0 Å². The Hall–Kier alpha value is -4.24. The van der Waals surface area contributed by atoms with Crippen LogP contribution >= 0.6 is 0 Å². The predicted octanol–water partition coefficient (Wildman–Crippen LogP) is 10.7. The number of aliphatic imine (C=N–C) groups is 1. The maximum Gasteiger partial charge on any atom is 0.0704 e. The molecule has 0 radical (unpaired) electrons. The molecule has 0 saturated heterocycles. The summed E-state index contributed by atoms with van der Waals surface area (Å²) in [5.74, 6) is 0.386. The fourth-order valence-electron chi connectivity index (χ4n) is 4.53. The van der Waals surface area contributed by atoms with E-state index in [1.165, 1.54) is 27.8 Å². The largest absolute Gasteiger partial charge is 0.268 e. The van der Waals surface area contributed by atoms with Crippen molar-refractivity contribution in [1.82, 2.24) is 9.78 Å². The molecule has 0 aliphatic carbocycles. The molecule has 214 valence electrons. The maximum absolute atomic E-state index is 5.02. The van der Waals surface area contributed by atoms with E-state index >= 15 is 0 Å². The quantitative estimate of drug-likeness (QED) is 0.105. The molecule has 0 amide bonds. The van der Waals surface area contributed by atoms with Gasteiger partial charge in [-0.25, -0.2) is 0 Å². The minimum absolute atomic E-state index is 0.386. The van der Waals surface area contributed by atoms with Crippen LogP contribution in [-0.2, 0) is 13.0 Å². The summed E-state index contributed by atoms with van der Waals surface area (Å²) >= 11 is 0. The second kappa shape index (κ2) is 18.2. The first-order valence-corrected chi connectivity index (χ1v) is 14.7. The van der Waals surface area contributed by atoms with Crippen LogP contribution in [0.2, 0.25) is 0 Å². The van der Waals surface area contributed by atoms with Gasteiger partial charge in [0, 0.05) is 24.2 Å². The molecule has 0 saturated carbocycles. The first-order chi connectivity index (χ1) is 20.1. The van der Waals surface area contributed by atoms with E-state index in [0.29, 0.717) is 5.92 Å². The molecule has 1 unspecified atom stereocenters. The third kappa shape index (κ3) is 10.0. The minimum Gasteiger partial charge on any atom is -0.268 e. The molecule has 3 aromatic carbocycles. The van der Waals surface area contributed by atoms with E-state index in [0.717, 1.165) is 42.6 Å². The van der Waals surface area contributed by atoms with Crippen LogP contribution in [-0.4, -0.2) is 16.0 Å². The molecule has 0 aliphatic rings. The number of benzene rings is 3. The zero-order valence-electron chi connectivity index (χ0n) is 25.7. The van der Waals surface area contributed by atoms with Crippen LogP contribution in [0.4, 0.5) is 5.69 Å². The average molecular weight is 546 g/mol. The van der Waals surface area contributed by atoms with Crippen molar-refractivity contribution in [1.29, 1.82) is 0 Å². The average Bonchev–Trinajstić information content (AvgIpc) is 3.54. The lowest BCUT2D eigenvalue weighted by Crippen LogP contribution is -2.04. The van der Waals surface area contributed by atoms with E-state index in [1.807, 2.05) is 43.1 Å². The normalized spacial score (nSPS) is 11.7. The second-order valence-corrected chi connectivity index (χ2v) is 9.54. The van der Waals surface area contributed by atoms with Gasteiger partial charge < -0.3 is 0 Å². The predicted molar refractivity (Wildman–Crippen MR) is 181 cm³/mol. The van der Waals surface area contributed by atoms with Crippen LogP contribution in [0, 0.1) is 12.8 Å². The van der Waals surface area contributed by atoms with E-state index in [1.54, 1.807) is 0 Å². The van der Waals surface area contributed by atoms with E-state index in [4.69, 9.17) is 4.99 Å². The van der Waals surface area contributed by atoms with Gasteiger partial charge >= 0.3 is 0 Å². The van der Waals surface area contributed by atoms with E-state index in [-0.39, 0.29) is 0 Å². The number of hydrogen-bond acceptors (Lipinski definition) is 2. The van der Waals surface area contributed by atoms with Crippen molar-refractivity contribution in [2.75, 3.05) is 0 Å². The van der Waals surface area contributed by atoms with Gasteiger partial charge in [-0.2, -0.15) is 5.10 Å². The van der Waals surface area contributed by atoms with Gasteiger partial charge in [-0.3, -0.25) is 9.67 Å². The van der Waals surface area contributed by atoms with Crippen molar-refractivity contribution in [3.8, 4) is 11.1 Å². The lowest BCUT2D eigenvalue weighted by molar-refractivity contribution is 0.675. The van der Waals surface area contributed by atoms with Gasteiger partial charge in [0.25, 0.3) is 0 Å². The summed E-state index contributed by atoms with van der Waals surface area (Å²) < 4.78 is 1.95. The molecule has 0 spiro atoms. The summed E-state index contributed by atoms with van der Waals surface area (Å²) in [7, 11) is 0. The SMILES string of the molecule is C=C.C=C/C(=C/CC)c1cc(-c2cccc(Cn3cccn3)c2)ccc1N=CC(CC)Cc1ccc(C)cc1.CC. The maximum atomic E-state index is 5.02. The molecule has 1 atom stereocenters. The van der Waals surface area contributed by atoms with Crippen molar-refractivity contribution in [3.63, 3.8) is 0 Å². The number of allylic oxidation sites excluding steroid dienone is 3. The van der Waals surface area contributed by atoms with Gasteiger partial charge in [0.1, 0.15) is 0 Å². The van der Waals surface area contributed by atoms with Crippen LogP contribution in [0.25, 0.3) is 16.7 Å². The standard InChI is InChI=1S/C34H37N3.C2H6.C2H4/c1-5-10-30(7-3)33-23-32(31-12-8-11-29(22-31)25-37-20-9-19-36-37)17-18-34(33)35-24-27(6-2)21-28-15-13-26(4)14-16-28;2*1-2/h7-20,22-24,27H,3,5-6,21,25H2,1-2,4H3;1-2H3;1-2H2/b30-10-,35-24?;;. The molecule has 4 aromatic rings. The second-order valence-electron chi connectivity index (χ2n) is 9.54. The molecule has 41 heavy (non-hydrogen) atoms. The minimum atomic E-state index is 0.386. The number of aromatic nitrogens is 2. The highest BCUT2D eigenvalue weighted by Gasteiger charge is 2.10. The van der Waals surface area contributed by atoms with Crippen molar-refractivity contribution in [2.24, 2.45) is 10.9 Å². The zero-order valence-corrected chi connectivity index (χ0v) is 25.7. The third-order valence-corrected chi connectivity index (χ3v) is 6.68. The monoisotopic (exact) mass is 545 g/mol. The van der Waals surface area contributed by atoms with E-state index in [2.05, 4.69) is 125 Å². The molecule has 0 N–H and O–H groups in total. The summed E-state index contributed by atoms with van der Waals surface area (Å²) in [6.07, 6.45) is 13.1. The number of hydrogen-bond donors (Lipinski definition) is 0. The molecule has 3 heteroatoms. The topological polar surface area (TPSA) is 30.2 Å². The number of aryl methyl sites for hydroxylation is 1. The van der Waals surface area contributed by atoms with Crippen LogP contribution in [0.15, 0.2) is 122 Å². The lowest BCUT2D eigenvalue weighted by Gasteiger charge is -2.13. The Balaban J connectivity index is 0.00000141. The molecular formula is C38H47N3. The molecule has 0 aliphatic heterocycles. The summed E-state index contributed by atoms with van der Waals surface area (Å²) in [6, 6.07) is 26.0. The van der Waals surface area contributed by atoms with Crippen LogP contribution in [0.5, 0.6) is 0 Å². The summed E-state index contributed by atoms with van der Waals surface area (Å²) in [6.45, 7) is 21.4. The molecule has 3 nitrogen and oxygen atoms in total. The van der Waals surface area contributed by atoms with E-state index in [9.17, 15) is 0 Å². The fourth-order valence-corrected chi connectivity index (χ4v) is 4.53.